The molecule has 1 saturated carbocycles. The van der Waals surface area contributed by atoms with E-state index in [0.29, 0.717) is 28.8 Å². The van der Waals surface area contributed by atoms with E-state index in [4.69, 9.17) is 9.72 Å². The molecular weight excluding hydrogens is 738 g/mol. The Morgan fingerprint density at radius 1 is 1.02 bits per heavy atom. The summed E-state index contributed by atoms with van der Waals surface area (Å²) in [7, 11) is 1.64. The largest absolute Gasteiger partial charge is 0.490 e. The summed E-state index contributed by atoms with van der Waals surface area (Å²) in [5, 5.41) is 8.58. The number of carbonyl (C=O) groups is 4. The van der Waals surface area contributed by atoms with Gasteiger partial charge >= 0.3 is 0 Å². The summed E-state index contributed by atoms with van der Waals surface area (Å²) < 4.78 is 23.6. The molecule has 3 fully saturated rings. The summed E-state index contributed by atoms with van der Waals surface area (Å²) in [4.78, 5) is 71.9. The summed E-state index contributed by atoms with van der Waals surface area (Å²) in [5.74, 6) is -1.37. The van der Waals surface area contributed by atoms with E-state index >= 15 is 4.39 Å². The molecule has 56 heavy (non-hydrogen) atoms. The lowest BCUT2D eigenvalue weighted by molar-refractivity contribution is -0.134. The summed E-state index contributed by atoms with van der Waals surface area (Å²) in [6.45, 7) is 9.36. The number of pyridine rings is 1. The van der Waals surface area contributed by atoms with Crippen molar-refractivity contribution in [2.75, 3.05) is 36.4 Å². The van der Waals surface area contributed by atoms with E-state index in [9.17, 15) is 24.0 Å². The molecule has 13 nitrogen and oxygen atoms in total. The van der Waals surface area contributed by atoms with Gasteiger partial charge in [0.15, 0.2) is 0 Å². The van der Waals surface area contributed by atoms with Gasteiger partial charge in [0.1, 0.15) is 23.3 Å². The quantitative estimate of drug-likeness (QED) is 0.184. The topological polar surface area (TPSA) is 155 Å². The van der Waals surface area contributed by atoms with Crippen LogP contribution < -0.4 is 31.1 Å². The van der Waals surface area contributed by atoms with Gasteiger partial charge in [0.05, 0.1) is 32.5 Å². The Bertz CT molecular complexity index is 2210. The first-order chi connectivity index (χ1) is 26.8. The monoisotopic (exact) mass is 785 g/mol. The minimum Gasteiger partial charge on any atom is -0.490 e. The molecule has 1 aliphatic carbocycles. The van der Waals surface area contributed by atoms with Crippen molar-refractivity contribution in [2.45, 2.75) is 83.4 Å². The fourth-order valence-electron chi connectivity index (χ4n) is 8.03. The van der Waals surface area contributed by atoms with Gasteiger partial charge in [-0.15, -0.1) is 11.3 Å². The Balaban J connectivity index is 0.932. The van der Waals surface area contributed by atoms with Crippen LogP contribution in [0.2, 0.25) is 0 Å². The van der Waals surface area contributed by atoms with Crippen LogP contribution in [-0.2, 0) is 16.6 Å². The third kappa shape index (κ3) is 8.63. The van der Waals surface area contributed by atoms with E-state index in [1.165, 1.54) is 16.7 Å². The lowest BCUT2D eigenvalue weighted by Gasteiger charge is -2.43. The zero-order chi connectivity index (χ0) is 39.7. The Morgan fingerprint density at radius 3 is 2.52 bits per heavy atom. The molecule has 4 amide bonds. The van der Waals surface area contributed by atoms with Crippen molar-refractivity contribution in [3.8, 4) is 5.75 Å². The van der Waals surface area contributed by atoms with E-state index in [1.807, 2.05) is 26.0 Å². The second kappa shape index (κ2) is 16.5. The van der Waals surface area contributed by atoms with Gasteiger partial charge in [-0.3, -0.25) is 34.2 Å². The number of anilines is 2. The van der Waals surface area contributed by atoms with Gasteiger partial charge in [0.25, 0.3) is 17.4 Å². The van der Waals surface area contributed by atoms with Gasteiger partial charge in [-0.2, -0.15) is 0 Å². The zero-order valence-corrected chi connectivity index (χ0v) is 32.9. The number of nitrogens with one attached hydrogen (secondary N) is 3. The average molecular weight is 786 g/mol. The van der Waals surface area contributed by atoms with Crippen molar-refractivity contribution >= 4 is 56.6 Å². The number of carbonyl (C=O) groups excluding carboxylic acids is 4. The number of ether oxygens (including phenoxy) is 1. The summed E-state index contributed by atoms with van der Waals surface area (Å²) in [6, 6.07) is 10.8. The molecule has 3 N–H and O–H groups in total. The maximum atomic E-state index is 15.2. The molecule has 2 aromatic carbocycles. The number of aromatic nitrogens is 2. The van der Waals surface area contributed by atoms with Crippen LogP contribution in [0.15, 0.2) is 53.5 Å². The van der Waals surface area contributed by atoms with Crippen LogP contribution in [0.4, 0.5) is 15.8 Å². The smallest absolute Gasteiger partial charge is 0.274 e. The molecular formula is C41H48FN7O6S. The van der Waals surface area contributed by atoms with Crippen LogP contribution >= 0.6 is 11.3 Å². The summed E-state index contributed by atoms with van der Waals surface area (Å²) in [5.41, 5.74) is 1.64. The van der Waals surface area contributed by atoms with Gasteiger partial charge in [0, 0.05) is 69.6 Å². The molecule has 0 spiro atoms. The molecule has 1 unspecified atom stereocenters. The molecule has 2 atom stereocenters. The Kier molecular flexibility index (Phi) is 11.5. The number of benzene rings is 2. The van der Waals surface area contributed by atoms with Crippen LogP contribution in [0, 0.1) is 11.7 Å². The summed E-state index contributed by atoms with van der Waals surface area (Å²) in [6.07, 6.45) is 6.02. The average Bonchev–Trinajstić information content (AvgIpc) is 3.57. The number of aryl methyl sites for hydroxylation is 1. The fourth-order valence-corrected chi connectivity index (χ4v) is 9.19. The molecule has 3 aliphatic rings. The standard InChI is InChI=1S/C41H48FN7O6S/c1-23(2)55-34-20-33-35(19-29(34)38(52)44-32-6-5-15-47(4)41(32)54)56-40(45-33)26-9-7-25(8-10-26)22-48-16-17-49(24(3)21-48)27-11-12-28(30(42)18-27)37(51)43-31-13-14-36(50)46-39(31)53/h5-6,11-12,15,18-20,23-26,31H,7-10,13-14,16-17,21-22H2,1-4H3,(H,43,51)(H,44,52)(H,46,50,53)/t24-,25?,26?,31?/m1/s1. The number of fused-ring (bicyclic) bond motifs is 1. The molecule has 7 rings (SSSR count). The van der Waals surface area contributed by atoms with Gasteiger partial charge in [-0.25, -0.2) is 9.37 Å². The maximum absolute atomic E-state index is 15.2. The molecule has 0 radical (unpaired) electrons. The van der Waals surface area contributed by atoms with E-state index in [-0.39, 0.29) is 47.7 Å². The van der Waals surface area contributed by atoms with Gasteiger partial charge in [0.2, 0.25) is 11.8 Å². The molecule has 2 aromatic heterocycles. The molecule has 0 bridgehead atoms. The predicted molar refractivity (Wildman–Crippen MR) is 213 cm³/mol. The fraction of sp³-hybridized carbons (Fsp3) is 0.463. The second-order valence-corrected chi connectivity index (χ2v) is 16.6. The minimum atomic E-state index is -0.871. The first-order valence-corrected chi connectivity index (χ1v) is 20.2. The zero-order valence-electron chi connectivity index (χ0n) is 32.1. The first-order valence-electron chi connectivity index (χ1n) is 19.3. The maximum Gasteiger partial charge on any atom is 0.274 e. The number of halogens is 1. The number of nitrogens with zero attached hydrogens (tertiary/aromatic N) is 4. The van der Waals surface area contributed by atoms with Crippen molar-refractivity contribution < 1.29 is 28.3 Å². The number of hydrogen-bond donors (Lipinski definition) is 3. The van der Waals surface area contributed by atoms with Gasteiger partial charge in [-0.05, 0) is 95.2 Å². The van der Waals surface area contributed by atoms with Crippen molar-refractivity contribution in [1.82, 2.24) is 25.1 Å². The number of piperidine rings is 1. The number of imide groups is 1. The highest BCUT2D eigenvalue weighted by Crippen LogP contribution is 2.41. The van der Waals surface area contributed by atoms with Gasteiger partial charge in [-0.1, -0.05) is 0 Å². The highest BCUT2D eigenvalue weighted by Gasteiger charge is 2.32. The SMILES string of the molecule is CC(C)Oc1cc2nc(C3CCC(CN4CCN(c5ccc(C(=O)NC6CCC(=O)NC6=O)c(F)c5)[C@H](C)C4)CC3)sc2cc1C(=O)Nc1cccn(C)c1=O. The summed E-state index contributed by atoms with van der Waals surface area (Å²) >= 11 is 1.62. The molecule has 2 saturated heterocycles. The number of rotatable bonds is 10. The van der Waals surface area contributed by atoms with Crippen molar-refractivity contribution in [3.05, 3.63) is 81.0 Å². The van der Waals surface area contributed by atoms with E-state index in [2.05, 4.69) is 32.7 Å². The molecule has 15 heteroatoms. The van der Waals surface area contributed by atoms with E-state index in [0.717, 1.165) is 67.1 Å². The predicted octanol–water partition coefficient (Wildman–Crippen LogP) is 5.19. The Hall–Kier alpha value is -5.15. The van der Waals surface area contributed by atoms with E-state index in [1.54, 1.807) is 42.8 Å². The van der Waals surface area contributed by atoms with Crippen LogP contribution in [-0.4, -0.2) is 82.4 Å². The number of hydrogen-bond acceptors (Lipinski definition) is 10. The van der Waals surface area contributed by atoms with Crippen molar-refractivity contribution in [1.29, 1.82) is 0 Å². The highest BCUT2D eigenvalue weighted by atomic mass is 32.1. The number of amides is 4. The minimum absolute atomic E-state index is 0.121. The Labute approximate surface area is 328 Å². The molecule has 296 valence electrons. The molecule has 4 heterocycles. The lowest BCUT2D eigenvalue weighted by atomic mass is 9.82. The van der Waals surface area contributed by atoms with Crippen molar-refractivity contribution in [2.24, 2.45) is 13.0 Å². The van der Waals surface area contributed by atoms with Crippen LogP contribution in [0.25, 0.3) is 10.2 Å². The molecule has 2 aliphatic heterocycles. The van der Waals surface area contributed by atoms with Crippen LogP contribution in [0.1, 0.15) is 90.9 Å². The lowest BCUT2D eigenvalue weighted by Crippen LogP contribution is -2.53. The Morgan fingerprint density at radius 2 is 1.80 bits per heavy atom. The van der Waals surface area contributed by atoms with Gasteiger partial charge < -0.3 is 24.8 Å². The second-order valence-electron chi connectivity index (χ2n) is 15.5. The van der Waals surface area contributed by atoms with Crippen LogP contribution in [0.3, 0.4) is 0 Å². The number of piperazine rings is 1. The third-order valence-corrected chi connectivity index (χ3v) is 12.2. The van der Waals surface area contributed by atoms with E-state index < -0.39 is 29.6 Å². The van der Waals surface area contributed by atoms with Crippen LogP contribution in [0.5, 0.6) is 5.75 Å². The highest BCUT2D eigenvalue weighted by molar-refractivity contribution is 7.18. The third-order valence-electron chi connectivity index (χ3n) is 11.0. The first kappa shape index (κ1) is 39.1. The normalized spacial score (nSPS) is 21.9. The number of thiazole rings is 1. The molecule has 4 aromatic rings. The van der Waals surface area contributed by atoms with Crippen molar-refractivity contribution in [3.63, 3.8) is 0 Å².